The molecule has 0 fully saturated rings. The summed E-state index contributed by atoms with van der Waals surface area (Å²) < 4.78 is 10.2. The summed E-state index contributed by atoms with van der Waals surface area (Å²) in [6.07, 6.45) is 0.764. The fraction of sp³-hybridized carbons (Fsp3) is 0.300. The van der Waals surface area contributed by atoms with E-state index in [0.29, 0.717) is 0 Å². The van der Waals surface area contributed by atoms with E-state index in [0.717, 1.165) is 23.5 Å². The largest absolute Gasteiger partial charge is 2.00 e. The molecule has 0 radical (unpaired) electrons. The van der Waals surface area contributed by atoms with Crippen LogP contribution in [0.2, 0.25) is 0 Å². The van der Waals surface area contributed by atoms with Crippen LogP contribution in [0.3, 0.4) is 0 Å². The molecule has 74 valence electrons. The van der Waals surface area contributed by atoms with Crippen molar-refractivity contribution in [3.63, 3.8) is 0 Å². The Bertz CT molecular complexity index is 266. The molecule has 0 saturated heterocycles. The van der Waals surface area contributed by atoms with Crippen LogP contribution in [0, 0.1) is 6.92 Å². The molecule has 1 rings (SSSR count). The van der Waals surface area contributed by atoms with E-state index in [1.54, 1.807) is 14.2 Å². The van der Waals surface area contributed by atoms with Crippen LogP contribution >= 0.6 is 0 Å². The Morgan fingerprint density at radius 1 is 1.14 bits per heavy atom. The van der Waals surface area contributed by atoms with Crippen molar-refractivity contribution in [3.05, 3.63) is 30.7 Å². The zero-order valence-corrected chi connectivity index (χ0v) is 11.5. The normalized spacial score (nSPS) is 8.21. The molecule has 0 spiro atoms. The van der Waals surface area contributed by atoms with Gasteiger partial charge >= 0.3 is 23.1 Å². The first kappa shape index (κ1) is 16.5. The van der Waals surface area contributed by atoms with Crippen molar-refractivity contribution >= 4 is 23.1 Å². The maximum atomic E-state index is 5.13. The molecular formula is C10H13BrMgO2. The van der Waals surface area contributed by atoms with Gasteiger partial charge in [-0.05, 0) is 12.1 Å². The summed E-state index contributed by atoms with van der Waals surface area (Å²) >= 11 is 0. The molecule has 0 aliphatic carbocycles. The van der Waals surface area contributed by atoms with Crippen molar-refractivity contribution in [2.45, 2.75) is 6.42 Å². The van der Waals surface area contributed by atoms with E-state index < -0.39 is 0 Å². The van der Waals surface area contributed by atoms with Crippen molar-refractivity contribution in [2.75, 3.05) is 14.2 Å². The van der Waals surface area contributed by atoms with Crippen LogP contribution in [0.4, 0.5) is 0 Å². The molecule has 1 aromatic carbocycles. The monoisotopic (exact) mass is 268 g/mol. The Hall–Kier alpha value is 0.0662. The molecule has 0 bridgehead atoms. The van der Waals surface area contributed by atoms with Crippen LogP contribution in [0.25, 0.3) is 0 Å². The third-order valence-electron chi connectivity index (χ3n) is 1.74. The summed E-state index contributed by atoms with van der Waals surface area (Å²) in [5, 5.41) is 0. The predicted molar refractivity (Wildman–Crippen MR) is 54.4 cm³/mol. The van der Waals surface area contributed by atoms with Gasteiger partial charge in [0.1, 0.15) is 0 Å². The van der Waals surface area contributed by atoms with Crippen LogP contribution in [-0.2, 0) is 6.42 Å². The summed E-state index contributed by atoms with van der Waals surface area (Å²) in [6.45, 7) is 3.79. The summed E-state index contributed by atoms with van der Waals surface area (Å²) in [5.41, 5.74) is 1.15. The Kier molecular flexibility index (Phi) is 9.87. The predicted octanol–water partition coefficient (Wildman–Crippen LogP) is -1.30. The van der Waals surface area contributed by atoms with Crippen molar-refractivity contribution < 1.29 is 26.5 Å². The minimum Gasteiger partial charge on any atom is -1.00 e. The first-order valence-corrected chi connectivity index (χ1v) is 3.82. The van der Waals surface area contributed by atoms with Gasteiger partial charge in [-0.15, -0.1) is 0 Å². The summed E-state index contributed by atoms with van der Waals surface area (Å²) in [6, 6.07) is 5.81. The molecule has 0 atom stereocenters. The molecule has 2 nitrogen and oxygen atoms in total. The van der Waals surface area contributed by atoms with Gasteiger partial charge in [-0.25, -0.2) is 0 Å². The Labute approximate surface area is 112 Å². The third-order valence-corrected chi connectivity index (χ3v) is 1.74. The number of rotatable bonds is 3. The number of hydrogen-bond donors (Lipinski definition) is 0. The number of halogens is 1. The molecule has 0 heterocycles. The van der Waals surface area contributed by atoms with E-state index in [2.05, 4.69) is 6.92 Å². The van der Waals surface area contributed by atoms with E-state index in [9.17, 15) is 0 Å². The zero-order valence-electron chi connectivity index (χ0n) is 8.55. The topological polar surface area (TPSA) is 18.5 Å². The Morgan fingerprint density at radius 2 is 1.71 bits per heavy atom. The van der Waals surface area contributed by atoms with Gasteiger partial charge in [-0.1, -0.05) is 11.6 Å². The molecule has 0 unspecified atom stereocenters. The van der Waals surface area contributed by atoms with E-state index in [1.807, 2.05) is 18.2 Å². The minimum absolute atomic E-state index is 0. The van der Waals surface area contributed by atoms with Crippen LogP contribution in [0.5, 0.6) is 11.5 Å². The smallest absolute Gasteiger partial charge is 1.00 e. The first-order valence-electron chi connectivity index (χ1n) is 3.82. The fourth-order valence-electron chi connectivity index (χ4n) is 1.04. The fourth-order valence-corrected chi connectivity index (χ4v) is 1.04. The standard InChI is InChI=1S/C10H13O2.BrH.Mg/c1-4-8-5-6-9(11-2)10(7-8)12-3;;/h5-7H,1,4H2,2-3H3;1H;/q-1;;+2/p-1. The maximum absolute atomic E-state index is 5.13. The summed E-state index contributed by atoms with van der Waals surface area (Å²) in [7, 11) is 3.26. The van der Waals surface area contributed by atoms with E-state index in [-0.39, 0.29) is 40.0 Å². The molecular weight excluding hydrogens is 256 g/mol. The van der Waals surface area contributed by atoms with Crippen molar-refractivity contribution in [1.29, 1.82) is 0 Å². The van der Waals surface area contributed by atoms with E-state index >= 15 is 0 Å². The molecule has 0 N–H and O–H groups in total. The second-order valence-electron chi connectivity index (χ2n) is 2.44. The number of ether oxygens (including phenoxy) is 2. The van der Waals surface area contributed by atoms with Crippen molar-refractivity contribution in [1.82, 2.24) is 0 Å². The molecule has 0 aliphatic heterocycles. The van der Waals surface area contributed by atoms with Gasteiger partial charge in [0.15, 0.2) is 11.5 Å². The molecule has 0 amide bonds. The van der Waals surface area contributed by atoms with Crippen LogP contribution < -0.4 is 26.5 Å². The quantitative estimate of drug-likeness (QED) is 0.502. The summed E-state index contributed by atoms with van der Waals surface area (Å²) in [4.78, 5) is 0. The summed E-state index contributed by atoms with van der Waals surface area (Å²) in [5.74, 6) is 1.52. The number of methoxy groups -OCH3 is 2. The van der Waals surface area contributed by atoms with Gasteiger partial charge in [0.25, 0.3) is 0 Å². The minimum atomic E-state index is 0. The van der Waals surface area contributed by atoms with Gasteiger partial charge in [0.05, 0.1) is 14.2 Å². The van der Waals surface area contributed by atoms with Crippen LogP contribution in [0.1, 0.15) is 5.56 Å². The van der Waals surface area contributed by atoms with Gasteiger partial charge in [-0.3, -0.25) is 0 Å². The SMILES string of the molecule is [Br-].[CH2-]Cc1ccc(OC)c(OC)c1.[Mg+2]. The molecule has 14 heavy (non-hydrogen) atoms. The molecule has 0 aliphatic rings. The molecule has 0 saturated carbocycles. The second kappa shape index (κ2) is 8.38. The van der Waals surface area contributed by atoms with Crippen LogP contribution in [0.15, 0.2) is 18.2 Å². The average molecular weight is 269 g/mol. The maximum Gasteiger partial charge on any atom is 2.00 e. The van der Waals surface area contributed by atoms with Gasteiger partial charge in [0, 0.05) is 0 Å². The van der Waals surface area contributed by atoms with Gasteiger partial charge < -0.3 is 33.4 Å². The van der Waals surface area contributed by atoms with E-state index in [4.69, 9.17) is 9.47 Å². The van der Waals surface area contributed by atoms with Crippen molar-refractivity contribution in [2.24, 2.45) is 0 Å². The Balaban J connectivity index is 0. The molecule has 1 aromatic rings. The average Bonchev–Trinajstić information content (AvgIpc) is 2.16. The second-order valence-corrected chi connectivity index (χ2v) is 2.44. The van der Waals surface area contributed by atoms with Gasteiger partial charge in [0.2, 0.25) is 0 Å². The number of benzene rings is 1. The van der Waals surface area contributed by atoms with Crippen molar-refractivity contribution in [3.8, 4) is 11.5 Å². The number of hydrogen-bond acceptors (Lipinski definition) is 2. The third kappa shape index (κ3) is 4.06. The van der Waals surface area contributed by atoms with Crippen LogP contribution in [-0.4, -0.2) is 37.3 Å². The molecule has 4 heteroatoms. The first-order chi connectivity index (χ1) is 5.81. The zero-order chi connectivity index (χ0) is 8.97. The van der Waals surface area contributed by atoms with E-state index in [1.165, 1.54) is 0 Å². The van der Waals surface area contributed by atoms with Gasteiger partial charge in [-0.2, -0.15) is 6.42 Å². The Morgan fingerprint density at radius 3 is 2.14 bits per heavy atom. The molecule has 0 aromatic heterocycles.